The van der Waals surface area contributed by atoms with Crippen molar-refractivity contribution < 1.29 is 19.4 Å². The molecule has 1 saturated heterocycles. The second kappa shape index (κ2) is 7.17. The SMILES string of the molecule is O=C(O)Cc1ccc(Oc2ccnc3cc(C(=O)N4CCC4)sc23)cc1Cl. The summed E-state index contributed by atoms with van der Waals surface area (Å²) >= 11 is 7.51. The lowest BCUT2D eigenvalue weighted by Crippen LogP contribution is -2.41. The van der Waals surface area contributed by atoms with E-state index in [9.17, 15) is 9.59 Å². The quantitative estimate of drug-likeness (QED) is 0.691. The van der Waals surface area contributed by atoms with Crippen LogP contribution in [0.5, 0.6) is 11.5 Å². The molecule has 1 amide bonds. The van der Waals surface area contributed by atoms with Crippen molar-refractivity contribution in [1.82, 2.24) is 9.88 Å². The van der Waals surface area contributed by atoms with Crippen LogP contribution >= 0.6 is 22.9 Å². The summed E-state index contributed by atoms with van der Waals surface area (Å²) in [6.07, 6.45) is 2.52. The molecular weight excluding hydrogens is 388 g/mol. The van der Waals surface area contributed by atoms with E-state index in [2.05, 4.69) is 4.98 Å². The number of aromatic nitrogens is 1. The average molecular weight is 403 g/mol. The van der Waals surface area contributed by atoms with Gasteiger partial charge in [0.05, 0.1) is 21.5 Å². The standard InChI is InChI=1S/C19H15ClN2O4S/c20-13-9-12(3-2-11(13)8-17(23)24)26-15-4-5-21-14-10-16(27-18(14)15)19(25)22-6-1-7-22/h2-5,9-10H,1,6-8H2,(H,23,24). The highest BCUT2D eigenvalue weighted by Crippen LogP contribution is 2.36. The lowest BCUT2D eigenvalue weighted by Gasteiger charge is -2.30. The molecule has 1 aromatic carbocycles. The smallest absolute Gasteiger partial charge is 0.307 e. The van der Waals surface area contributed by atoms with Gasteiger partial charge in [0.2, 0.25) is 0 Å². The minimum Gasteiger partial charge on any atom is -0.481 e. The van der Waals surface area contributed by atoms with E-state index in [0.29, 0.717) is 32.5 Å². The van der Waals surface area contributed by atoms with E-state index in [1.165, 1.54) is 11.3 Å². The Labute approximate surface area is 164 Å². The predicted molar refractivity (Wildman–Crippen MR) is 103 cm³/mol. The molecule has 0 atom stereocenters. The Morgan fingerprint density at radius 1 is 1.26 bits per heavy atom. The Balaban J connectivity index is 1.62. The molecule has 6 nitrogen and oxygen atoms in total. The molecule has 1 fully saturated rings. The monoisotopic (exact) mass is 402 g/mol. The highest BCUT2D eigenvalue weighted by Gasteiger charge is 2.24. The van der Waals surface area contributed by atoms with E-state index in [4.69, 9.17) is 21.4 Å². The van der Waals surface area contributed by atoms with Crippen molar-refractivity contribution in [2.24, 2.45) is 0 Å². The zero-order valence-electron chi connectivity index (χ0n) is 14.1. The second-order valence-corrected chi connectivity index (χ2v) is 7.67. The number of rotatable bonds is 5. The number of pyridine rings is 1. The molecule has 2 aromatic heterocycles. The van der Waals surface area contributed by atoms with Gasteiger partial charge in [0.25, 0.3) is 5.91 Å². The van der Waals surface area contributed by atoms with Crippen molar-refractivity contribution in [2.75, 3.05) is 13.1 Å². The summed E-state index contributed by atoms with van der Waals surface area (Å²) in [5.41, 5.74) is 1.23. The maximum Gasteiger partial charge on any atom is 0.307 e. The molecule has 0 unspecified atom stereocenters. The Hall–Kier alpha value is -2.64. The second-order valence-electron chi connectivity index (χ2n) is 6.21. The topological polar surface area (TPSA) is 79.7 Å². The Bertz CT molecular complexity index is 1050. The number of thiophene rings is 1. The number of amides is 1. The highest BCUT2D eigenvalue weighted by atomic mass is 35.5. The number of carbonyl (C=O) groups excluding carboxylic acids is 1. The number of aliphatic carboxylic acids is 1. The van der Waals surface area contributed by atoms with Gasteiger partial charge < -0.3 is 14.7 Å². The van der Waals surface area contributed by atoms with Crippen LogP contribution in [0.2, 0.25) is 5.02 Å². The van der Waals surface area contributed by atoms with Gasteiger partial charge in [-0.2, -0.15) is 0 Å². The first-order valence-electron chi connectivity index (χ1n) is 8.37. The van der Waals surface area contributed by atoms with Crippen molar-refractivity contribution in [3.05, 3.63) is 52.0 Å². The number of hydrogen-bond donors (Lipinski definition) is 1. The minimum atomic E-state index is -0.945. The number of halogens is 1. The van der Waals surface area contributed by atoms with Gasteiger partial charge in [-0.05, 0) is 30.2 Å². The Morgan fingerprint density at radius 2 is 2.07 bits per heavy atom. The molecule has 1 aliphatic heterocycles. The van der Waals surface area contributed by atoms with Gasteiger partial charge >= 0.3 is 5.97 Å². The van der Waals surface area contributed by atoms with E-state index >= 15 is 0 Å². The summed E-state index contributed by atoms with van der Waals surface area (Å²) < 4.78 is 6.72. The molecule has 0 radical (unpaired) electrons. The third-order valence-electron chi connectivity index (χ3n) is 4.32. The van der Waals surface area contributed by atoms with Crippen LogP contribution in [-0.4, -0.2) is 40.0 Å². The van der Waals surface area contributed by atoms with Crippen LogP contribution in [-0.2, 0) is 11.2 Å². The largest absolute Gasteiger partial charge is 0.481 e. The first-order chi connectivity index (χ1) is 13.0. The van der Waals surface area contributed by atoms with Crippen LogP contribution in [0.25, 0.3) is 10.2 Å². The molecule has 8 heteroatoms. The fourth-order valence-corrected chi connectivity index (χ4v) is 4.07. The fraction of sp³-hybridized carbons (Fsp3) is 0.211. The zero-order valence-corrected chi connectivity index (χ0v) is 15.7. The van der Waals surface area contributed by atoms with Gasteiger partial charge in [-0.25, -0.2) is 0 Å². The lowest BCUT2D eigenvalue weighted by atomic mass is 10.1. The van der Waals surface area contributed by atoms with Crippen LogP contribution in [0.1, 0.15) is 21.7 Å². The van der Waals surface area contributed by atoms with Crippen LogP contribution in [0.15, 0.2) is 36.5 Å². The van der Waals surface area contributed by atoms with Crippen LogP contribution in [0.3, 0.4) is 0 Å². The predicted octanol–water partition coefficient (Wildman–Crippen LogP) is 4.22. The maximum atomic E-state index is 12.4. The third kappa shape index (κ3) is 3.61. The summed E-state index contributed by atoms with van der Waals surface area (Å²) in [6.45, 7) is 1.59. The summed E-state index contributed by atoms with van der Waals surface area (Å²) in [7, 11) is 0. The average Bonchev–Trinajstić information content (AvgIpc) is 3.01. The van der Waals surface area contributed by atoms with Crippen LogP contribution in [0, 0.1) is 0 Å². The number of carboxylic acids is 1. The van der Waals surface area contributed by atoms with Crippen LogP contribution < -0.4 is 4.74 Å². The Morgan fingerprint density at radius 3 is 2.74 bits per heavy atom. The Kier molecular flexibility index (Phi) is 4.72. The molecule has 138 valence electrons. The minimum absolute atomic E-state index is 0.0243. The van der Waals surface area contributed by atoms with E-state index in [1.54, 1.807) is 36.5 Å². The molecule has 1 N–H and O–H groups in total. The summed E-state index contributed by atoms with van der Waals surface area (Å²) in [5.74, 6) is 0.149. The molecule has 3 aromatic rings. The van der Waals surface area contributed by atoms with E-state index in [1.807, 2.05) is 4.90 Å². The normalized spacial score (nSPS) is 13.4. The van der Waals surface area contributed by atoms with Crippen molar-refractivity contribution in [3.8, 4) is 11.5 Å². The third-order valence-corrected chi connectivity index (χ3v) is 5.80. The number of benzene rings is 1. The first kappa shape index (κ1) is 17.8. The van der Waals surface area contributed by atoms with Crippen molar-refractivity contribution in [2.45, 2.75) is 12.8 Å². The van der Waals surface area contributed by atoms with Gasteiger partial charge in [-0.15, -0.1) is 11.3 Å². The lowest BCUT2D eigenvalue weighted by molar-refractivity contribution is -0.136. The number of ether oxygens (including phenoxy) is 1. The number of nitrogens with zero attached hydrogens (tertiary/aromatic N) is 2. The molecule has 1 aliphatic rings. The fourth-order valence-electron chi connectivity index (χ4n) is 2.80. The maximum absolute atomic E-state index is 12.4. The number of carboxylic acid groups (broad SMARTS) is 1. The summed E-state index contributed by atoms with van der Waals surface area (Å²) in [6, 6.07) is 8.42. The number of hydrogen-bond acceptors (Lipinski definition) is 5. The summed E-state index contributed by atoms with van der Waals surface area (Å²) in [5, 5.41) is 9.23. The van der Waals surface area contributed by atoms with Gasteiger partial charge in [-0.3, -0.25) is 14.6 Å². The van der Waals surface area contributed by atoms with Crippen LogP contribution in [0.4, 0.5) is 0 Å². The van der Waals surface area contributed by atoms with Crippen molar-refractivity contribution >= 4 is 45.0 Å². The molecule has 27 heavy (non-hydrogen) atoms. The number of likely N-dealkylation sites (tertiary alicyclic amines) is 1. The molecular formula is C19H15ClN2O4S. The number of carbonyl (C=O) groups is 2. The van der Waals surface area contributed by atoms with Gasteiger partial charge in [0.1, 0.15) is 11.5 Å². The van der Waals surface area contributed by atoms with Crippen molar-refractivity contribution in [1.29, 1.82) is 0 Å². The highest BCUT2D eigenvalue weighted by molar-refractivity contribution is 7.21. The van der Waals surface area contributed by atoms with E-state index < -0.39 is 5.97 Å². The molecule has 4 rings (SSSR count). The molecule has 0 bridgehead atoms. The van der Waals surface area contributed by atoms with E-state index in [0.717, 1.165) is 24.2 Å². The van der Waals surface area contributed by atoms with Gasteiger partial charge in [0, 0.05) is 30.4 Å². The van der Waals surface area contributed by atoms with Gasteiger partial charge in [0.15, 0.2) is 0 Å². The molecule has 0 saturated carbocycles. The number of fused-ring (bicyclic) bond motifs is 1. The molecule has 0 spiro atoms. The van der Waals surface area contributed by atoms with Gasteiger partial charge in [-0.1, -0.05) is 17.7 Å². The summed E-state index contributed by atoms with van der Waals surface area (Å²) in [4.78, 5) is 30.1. The van der Waals surface area contributed by atoms with E-state index in [-0.39, 0.29) is 12.3 Å². The van der Waals surface area contributed by atoms with Crippen molar-refractivity contribution in [3.63, 3.8) is 0 Å². The molecule has 3 heterocycles. The first-order valence-corrected chi connectivity index (χ1v) is 9.56. The zero-order chi connectivity index (χ0) is 19.0. The molecule has 0 aliphatic carbocycles.